The van der Waals surface area contributed by atoms with Gasteiger partial charge in [-0.3, -0.25) is 9.59 Å². The molecule has 4 rings (SSSR count). The van der Waals surface area contributed by atoms with E-state index < -0.39 is 11.9 Å². The smallest absolute Gasteiger partial charge is 0.322 e. The van der Waals surface area contributed by atoms with Crippen LogP contribution in [0.25, 0.3) is 11.8 Å². The molecule has 0 bridgehead atoms. The van der Waals surface area contributed by atoms with E-state index in [9.17, 15) is 14.0 Å². The maximum absolute atomic E-state index is 14.0. The number of anilines is 1. The van der Waals surface area contributed by atoms with E-state index in [-0.39, 0.29) is 18.9 Å². The summed E-state index contributed by atoms with van der Waals surface area (Å²) >= 11 is 0. The Morgan fingerprint density at radius 3 is 2.41 bits per heavy atom. The van der Waals surface area contributed by atoms with Gasteiger partial charge in [-0.15, -0.1) is 0 Å². The number of amides is 1. The first-order valence-electron chi connectivity index (χ1n) is 11.4. The zero-order valence-electron chi connectivity index (χ0n) is 20.2. The summed E-state index contributed by atoms with van der Waals surface area (Å²) in [4.78, 5) is 32.2. The Bertz CT molecular complexity index is 1360. The molecule has 0 unspecified atom stereocenters. The van der Waals surface area contributed by atoms with Gasteiger partial charge in [-0.25, -0.2) is 9.98 Å². The Balaban J connectivity index is 1.63. The number of hydrogen-bond acceptors (Lipinski definition) is 7. The lowest BCUT2D eigenvalue weighted by Crippen LogP contribution is -2.25. The fourth-order valence-electron chi connectivity index (χ4n) is 3.88. The van der Waals surface area contributed by atoms with Crippen LogP contribution in [0.1, 0.15) is 28.8 Å². The van der Waals surface area contributed by atoms with Crippen LogP contribution in [0.15, 0.2) is 59.6 Å². The van der Waals surface area contributed by atoms with Crippen molar-refractivity contribution in [3.63, 3.8) is 0 Å². The molecule has 2 aromatic carbocycles. The number of benzene rings is 2. The highest BCUT2D eigenvalue weighted by Gasteiger charge is 2.25. The molecule has 0 saturated heterocycles. The summed E-state index contributed by atoms with van der Waals surface area (Å²) in [5.41, 5.74) is 3.72. The van der Waals surface area contributed by atoms with E-state index in [1.165, 1.54) is 20.3 Å². The van der Waals surface area contributed by atoms with Gasteiger partial charge >= 0.3 is 5.97 Å². The molecule has 3 aromatic rings. The molecule has 0 fully saturated rings. The Kier molecular flexibility index (Phi) is 7.77. The second-order valence-electron chi connectivity index (χ2n) is 8.11. The van der Waals surface area contributed by atoms with Crippen LogP contribution >= 0.6 is 0 Å². The minimum Gasteiger partial charge on any atom is -0.494 e. The average Bonchev–Trinajstić information content (AvgIpc) is 3.22. The lowest BCUT2D eigenvalue weighted by Gasteiger charge is -2.15. The molecule has 1 amide bonds. The lowest BCUT2D eigenvalue weighted by atomic mass is 10.1. The number of aliphatic imine (C=N–C) groups is 1. The third-order valence-electron chi connectivity index (χ3n) is 5.57. The summed E-state index contributed by atoms with van der Waals surface area (Å²) in [6.45, 7) is 0.0404. The SMILES string of the molecule is COc1cc(/C=C2/N=C(CC(=O)NCc3ccccc3)c3nc(F)ccc32)cc(OC)c1NCC(=O)O. The molecular weight excluding hydrogens is 479 g/mol. The number of aromatic nitrogens is 1. The maximum atomic E-state index is 14.0. The van der Waals surface area contributed by atoms with Crippen LogP contribution in [0.5, 0.6) is 11.5 Å². The number of ether oxygens (including phenoxy) is 2. The van der Waals surface area contributed by atoms with Crippen LogP contribution in [0, 0.1) is 5.95 Å². The monoisotopic (exact) mass is 504 g/mol. The molecule has 0 saturated carbocycles. The topological polar surface area (TPSA) is 122 Å². The number of carboxylic acid groups (broad SMARTS) is 1. The van der Waals surface area contributed by atoms with Gasteiger partial charge in [0.1, 0.15) is 23.7 Å². The van der Waals surface area contributed by atoms with E-state index in [1.807, 2.05) is 30.3 Å². The quantitative estimate of drug-likeness (QED) is 0.360. The van der Waals surface area contributed by atoms with E-state index in [4.69, 9.17) is 14.6 Å². The molecular formula is C27H25FN4O5. The molecule has 190 valence electrons. The van der Waals surface area contributed by atoms with E-state index in [0.717, 1.165) is 5.56 Å². The number of nitrogens with one attached hydrogen (secondary N) is 2. The fourth-order valence-corrected chi connectivity index (χ4v) is 3.88. The zero-order valence-corrected chi connectivity index (χ0v) is 20.2. The van der Waals surface area contributed by atoms with Crippen molar-refractivity contribution in [1.82, 2.24) is 10.3 Å². The summed E-state index contributed by atoms with van der Waals surface area (Å²) in [6.07, 6.45) is 1.66. The number of rotatable bonds is 10. The van der Waals surface area contributed by atoms with E-state index >= 15 is 0 Å². The number of hydrogen-bond donors (Lipinski definition) is 3. The summed E-state index contributed by atoms with van der Waals surface area (Å²) in [6, 6.07) is 15.7. The summed E-state index contributed by atoms with van der Waals surface area (Å²) in [5, 5.41) is 14.6. The van der Waals surface area contributed by atoms with Crippen LogP contribution in [0.3, 0.4) is 0 Å². The van der Waals surface area contributed by atoms with E-state index in [1.54, 1.807) is 24.3 Å². The molecule has 2 heterocycles. The fraction of sp³-hybridized carbons (Fsp3) is 0.185. The Labute approximate surface area is 212 Å². The average molecular weight is 505 g/mol. The molecule has 0 spiro atoms. The van der Waals surface area contributed by atoms with Gasteiger partial charge in [0.25, 0.3) is 0 Å². The zero-order chi connectivity index (χ0) is 26.4. The molecule has 10 heteroatoms. The number of aliphatic carboxylic acids is 1. The van der Waals surface area contributed by atoms with Gasteiger partial charge in [-0.2, -0.15) is 4.39 Å². The van der Waals surface area contributed by atoms with Gasteiger partial charge in [0, 0.05) is 12.1 Å². The van der Waals surface area contributed by atoms with Crippen molar-refractivity contribution in [1.29, 1.82) is 0 Å². The third kappa shape index (κ3) is 6.10. The van der Waals surface area contributed by atoms with E-state index in [0.29, 0.717) is 52.0 Å². The number of methoxy groups -OCH3 is 2. The van der Waals surface area contributed by atoms with Crippen molar-refractivity contribution < 1.29 is 28.6 Å². The Morgan fingerprint density at radius 2 is 1.76 bits per heavy atom. The van der Waals surface area contributed by atoms with Crippen molar-refractivity contribution in [2.24, 2.45) is 4.99 Å². The van der Waals surface area contributed by atoms with Crippen LogP contribution < -0.4 is 20.1 Å². The number of carbonyl (C=O) groups excluding carboxylic acids is 1. The van der Waals surface area contributed by atoms with Crippen LogP contribution in [0.2, 0.25) is 0 Å². The largest absolute Gasteiger partial charge is 0.494 e. The normalized spacial score (nSPS) is 13.1. The van der Waals surface area contributed by atoms with Gasteiger partial charge in [0.05, 0.1) is 37.7 Å². The summed E-state index contributed by atoms with van der Waals surface area (Å²) < 4.78 is 24.9. The predicted molar refractivity (Wildman–Crippen MR) is 137 cm³/mol. The molecule has 0 aliphatic carbocycles. The van der Waals surface area contributed by atoms with Gasteiger partial charge in [-0.05, 0) is 41.5 Å². The highest BCUT2D eigenvalue weighted by molar-refractivity contribution is 6.17. The molecule has 1 aliphatic heterocycles. The Hall–Kier alpha value is -4.73. The molecule has 1 aliphatic rings. The minimum absolute atomic E-state index is 0.0711. The first-order valence-corrected chi connectivity index (χ1v) is 11.4. The molecule has 1 aromatic heterocycles. The van der Waals surface area contributed by atoms with Gasteiger partial charge in [-0.1, -0.05) is 30.3 Å². The summed E-state index contributed by atoms with van der Waals surface area (Å²) in [5.74, 6) is -1.24. The first kappa shape index (κ1) is 25.4. The number of halogens is 1. The van der Waals surface area contributed by atoms with Crippen LogP contribution in [-0.2, 0) is 16.1 Å². The van der Waals surface area contributed by atoms with Gasteiger partial charge in [0.2, 0.25) is 11.9 Å². The second-order valence-corrected chi connectivity index (χ2v) is 8.11. The van der Waals surface area contributed by atoms with Gasteiger partial charge in [0.15, 0.2) is 0 Å². The highest BCUT2D eigenvalue weighted by Crippen LogP contribution is 2.38. The number of carboxylic acids is 1. The van der Waals surface area contributed by atoms with Gasteiger partial charge < -0.3 is 25.2 Å². The Morgan fingerprint density at radius 1 is 1.05 bits per heavy atom. The van der Waals surface area contributed by atoms with Crippen molar-refractivity contribution in [2.75, 3.05) is 26.1 Å². The molecule has 3 N–H and O–H groups in total. The van der Waals surface area contributed by atoms with Crippen molar-refractivity contribution >= 4 is 35.0 Å². The number of nitrogens with zero attached hydrogens (tertiary/aromatic N) is 2. The lowest BCUT2D eigenvalue weighted by molar-refractivity contribution is -0.135. The van der Waals surface area contributed by atoms with E-state index in [2.05, 4.69) is 20.6 Å². The molecule has 9 nitrogen and oxygen atoms in total. The minimum atomic E-state index is -1.03. The number of carbonyl (C=O) groups is 2. The van der Waals surface area contributed by atoms with Crippen LogP contribution in [0.4, 0.5) is 10.1 Å². The highest BCUT2D eigenvalue weighted by atomic mass is 19.1. The predicted octanol–water partition coefficient (Wildman–Crippen LogP) is 3.74. The van der Waals surface area contributed by atoms with Crippen LogP contribution in [-0.4, -0.2) is 48.4 Å². The second kappa shape index (κ2) is 11.3. The number of fused-ring (bicyclic) bond motifs is 1. The standard InChI is InChI=1S/C27H25FN4O5/c1-36-21-11-17(12-22(37-2)27(21)30-15-25(34)35)10-19-18-8-9-23(28)32-26(18)20(31-19)13-24(33)29-14-16-6-4-3-5-7-16/h3-12,30H,13-15H2,1-2H3,(H,29,33)(H,34,35)/b19-10+. The molecule has 0 radical (unpaired) electrons. The first-order chi connectivity index (χ1) is 17.9. The molecule has 37 heavy (non-hydrogen) atoms. The van der Waals surface area contributed by atoms with Crippen molar-refractivity contribution in [3.8, 4) is 11.5 Å². The third-order valence-corrected chi connectivity index (χ3v) is 5.57. The van der Waals surface area contributed by atoms with Crippen molar-refractivity contribution in [2.45, 2.75) is 13.0 Å². The summed E-state index contributed by atoms with van der Waals surface area (Å²) in [7, 11) is 2.92. The van der Waals surface area contributed by atoms with Crippen molar-refractivity contribution in [3.05, 3.63) is 82.9 Å². The number of pyridine rings is 1. The molecule has 0 atom stereocenters. The maximum Gasteiger partial charge on any atom is 0.322 e.